The number of aromatic nitrogens is 1. The Bertz CT molecular complexity index is 2620. The van der Waals surface area contributed by atoms with E-state index in [2.05, 4.69) is 38.5 Å². The molecule has 1 aliphatic rings. The van der Waals surface area contributed by atoms with Crippen molar-refractivity contribution < 1.29 is 53.4 Å². The van der Waals surface area contributed by atoms with Gasteiger partial charge in [-0.05, 0) is 94.5 Å². The summed E-state index contributed by atoms with van der Waals surface area (Å²) in [6.45, 7) is 19.7. The summed E-state index contributed by atoms with van der Waals surface area (Å²) < 4.78 is 2.01. The van der Waals surface area contributed by atoms with Gasteiger partial charge in [0.05, 0.1) is 17.1 Å². The number of rotatable bonds is 17. The maximum atomic E-state index is 15.3. The van der Waals surface area contributed by atoms with E-state index in [4.69, 9.17) is 0 Å². The van der Waals surface area contributed by atoms with Crippen LogP contribution in [0.5, 0.6) is 5.75 Å². The van der Waals surface area contributed by atoms with E-state index >= 15 is 4.79 Å². The average molecular weight is 1040 g/mol. The number of fused-ring (bicyclic) bond motifs is 1. The SMILES string of the molecule is C=CC(C)(C)n1cc(C[C@@H]2NC(=O)[C@H](C/C=C/C)NC(=O)[C@H](CC(C)C)NC(=O)[C@H](C[C@@H](C)C(=O)O)N(C)C(=O)[C@H](C)NC(=O)[C@H](Cc3ccc(O)c(NC=O)c3)NC(=O)[C@H](CC(C)C)N(C)C2=O)c2ccccc21. The molecule has 8 N–H and O–H groups in total. The lowest BCUT2D eigenvalue weighted by Gasteiger charge is -2.33. The van der Waals surface area contributed by atoms with Crippen LogP contribution in [-0.4, -0.2) is 135 Å². The van der Waals surface area contributed by atoms with Crippen LogP contribution in [-0.2, 0) is 61.5 Å². The van der Waals surface area contributed by atoms with Crippen LogP contribution >= 0.6 is 0 Å². The fourth-order valence-electron chi connectivity index (χ4n) is 9.03. The first-order valence-corrected chi connectivity index (χ1v) is 25.4. The minimum atomic E-state index is -1.49. The Morgan fingerprint density at radius 2 is 1.31 bits per heavy atom. The Morgan fingerprint density at radius 3 is 1.91 bits per heavy atom. The second-order valence-electron chi connectivity index (χ2n) is 20.9. The minimum absolute atomic E-state index is 0.00907. The molecule has 0 bridgehead atoms. The van der Waals surface area contributed by atoms with Gasteiger partial charge in [0.2, 0.25) is 47.8 Å². The van der Waals surface area contributed by atoms with Crippen molar-refractivity contribution in [2.75, 3.05) is 19.4 Å². The number of para-hydroxylation sites is 1. The van der Waals surface area contributed by atoms with Gasteiger partial charge < -0.3 is 56.5 Å². The number of carbonyl (C=O) groups excluding carboxylic acids is 8. The first-order chi connectivity index (χ1) is 35.2. The molecule has 3 aromatic rings. The first kappa shape index (κ1) is 60.0. The highest BCUT2D eigenvalue weighted by atomic mass is 16.4. The van der Waals surface area contributed by atoms with Gasteiger partial charge in [-0.2, -0.15) is 0 Å². The van der Waals surface area contributed by atoms with Gasteiger partial charge in [-0.15, -0.1) is 6.58 Å². The number of hydrogen-bond acceptors (Lipinski definition) is 10. The predicted molar refractivity (Wildman–Crippen MR) is 285 cm³/mol. The van der Waals surface area contributed by atoms with Crippen LogP contribution < -0.4 is 31.9 Å². The molecule has 75 heavy (non-hydrogen) atoms. The normalized spacial score (nSPS) is 22.8. The number of phenols is 1. The molecule has 1 saturated heterocycles. The third-order valence-electron chi connectivity index (χ3n) is 13.5. The third-order valence-corrected chi connectivity index (χ3v) is 13.5. The maximum absolute atomic E-state index is 15.3. The summed E-state index contributed by atoms with van der Waals surface area (Å²) in [4.78, 5) is 129. The Morgan fingerprint density at radius 1 is 0.747 bits per heavy atom. The molecule has 0 radical (unpaired) electrons. The van der Waals surface area contributed by atoms with Gasteiger partial charge >= 0.3 is 5.97 Å². The number of phenolic OH excluding ortho intramolecular Hbond substituents is 1. The smallest absolute Gasteiger partial charge is 0.306 e. The molecule has 0 spiro atoms. The van der Waals surface area contributed by atoms with Gasteiger partial charge in [-0.25, -0.2) is 0 Å². The van der Waals surface area contributed by atoms with Crippen LogP contribution in [0.15, 0.2) is 73.5 Å². The molecule has 2 heterocycles. The zero-order valence-corrected chi connectivity index (χ0v) is 45.1. The maximum Gasteiger partial charge on any atom is 0.306 e. The summed E-state index contributed by atoms with van der Waals surface area (Å²) in [5.41, 5.74) is 1.28. The summed E-state index contributed by atoms with van der Waals surface area (Å²) >= 11 is 0. The molecule has 4 rings (SSSR count). The molecule has 0 saturated carbocycles. The van der Waals surface area contributed by atoms with Crippen molar-refractivity contribution in [3.63, 3.8) is 0 Å². The highest BCUT2D eigenvalue weighted by Gasteiger charge is 2.40. The molecular weight excluding hydrogens is 963 g/mol. The summed E-state index contributed by atoms with van der Waals surface area (Å²) in [5.74, 6) is -8.64. The Balaban J connectivity index is 1.98. The highest BCUT2D eigenvalue weighted by Crippen LogP contribution is 2.30. The van der Waals surface area contributed by atoms with Crippen molar-refractivity contribution in [1.29, 1.82) is 0 Å². The number of nitrogens with one attached hydrogen (secondary N) is 6. The molecule has 8 amide bonds. The summed E-state index contributed by atoms with van der Waals surface area (Å²) in [6.07, 6.45) is 6.74. The fraction of sp³-hybridized carbons (Fsp3) is 0.509. The van der Waals surface area contributed by atoms with E-state index in [9.17, 15) is 48.6 Å². The van der Waals surface area contributed by atoms with E-state index in [0.717, 1.165) is 15.8 Å². The van der Waals surface area contributed by atoms with Crippen LogP contribution in [0, 0.1) is 17.8 Å². The number of likely N-dealkylation sites (N-methyl/N-ethyl adjacent to an activating group) is 2. The molecule has 0 aliphatic carbocycles. The molecule has 1 aromatic heterocycles. The van der Waals surface area contributed by atoms with Crippen LogP contribution in [0.2, 0.25) is 0 Å². The van der Waals surface area contributed by atoms with Crippen molar-refractivity contribution in [1.82, 2.24) is 41.0 Å². The van der Waals surface area contributed by atoms with Crippen molar-refractivity contribution in [2.24, 2.45) is 17.8 Å². The van der Waals surface area contributed by atoms with E-state index in [1.807, 2.05) is 76.6 Å². The molecule has 1 fully saturated rings. The van der Waals surface area contributed by atoms with Crippen LogP contribution in [0.25, 0.3) is 10.9 Å². The van der Waals surface area contributed by atoms with Crippen molar-refractivity contribution >= 4 is 70.3 Å². The number of anilines is 1. The van der Waals surface area contributed by atoms with E-state index in [1.54, 1.807) is 25.2 Å². The van der Waals surface area contributed by atoms with Crippen LogP contribution in [0.3, 0.4) is 0 Å². The zero-order chi connectivity index (χ0) is 56.1. The Kier molecular flexibility index (Phi) is 21.3. The lowest BCUT2D eigenvalue weighted by Crippen LogP contribution is -2.60. The van der Waals surface area contributed by atoms with Crippen molar-refractivity contribution in [3.05, 3.63) is 84.6 Å². The second kappa shape index (κ2) is 26.6. The lowest BCUT2D eigenvalue weighted by atomic mass is 9.97. The standard InChI is InChI=1S/C55H77N9O11/c1-13-15-19-38-47(67)61-42(28-36-29-64(55(9,10)14-2)43-20-17-16-18-37(36)43)53(73)63(12)44(24-32(5)6)50(70)60-41(27-35-21-22-46(66)39(26-35)56-30-65)48(68)57-34(8)52(72)62(11)45(25-33(7)54(74)75)51(71)59-40(23-31(3)4)49(69)58-38/h13-18,20-22,26,29-34,38,40-42,44-45,66H,2,19,23-25,27-28H2,1,3-12H3,(H,56,65)(H,57,68)(H,58,69)(H,59,71)(H,60,70)(H,61,67)(H,74,75)/b15-13+/t33-,34+,38+,40+,41+,42+,44+,45+/m1/s1. The van der Waals surface area contributed by atoms with Gasteiger partial charge in [0.25, 0.3) is 0 Å². The molecule has 0 unspecified atom stereocenters. The number of nitrogens with zero attached hydrogens (tertiary/aromatic N) is 3. The third kappa shape index (κ3) is 15.8. The second-order valence-corrected chi connectivity index (χ2v) is 20.9. The van der Waals surface area contributed by atoms with Crippen molar-refractivity contribution in [2.45, 2.75) is 149 Å². The summed E-state index contributed by atoms with van der Waals surface area (Å²) in [7, 11) is 2.69. The molecule has 8 atom stereocenters. The zero-order valence-electron chi connectivity index (χ0n) is 45.1. The molecule has 1 aliphatic heterocycles. The number of carboxylic acids is 1. The van der Waals surface area contributed by atoms with Crippen molar-refractivity contribution in [3.8, 4) is 5.75 Å². The predicted octanol–water partition coefficient (Wildman–Crippen LogP) is 3.90. The number of allylic oxidation sites excluding steroid dienone is 2. The number of aromatic hydroxyl groups is 1. The number of benzene rings is 2. The fourth-order valence-corrected chi connectivity index (χ4v) is 9.03. The number of carboxylic acid groups (broad SMARTS) is 1. The molecule has 20 heteroatoms. The first-order valence-electron chi connectivity index (χ1n) is 25.4. The average Bonchev–Trinajstić information content (AvgIpc) is 3.73. The largest absolute Gasteiger partial charge is 0.506 e. The number of hydrogen-bond donors (Lipinski definition) is 8. The molecular formula is C55H77N9O11. The number of amides is 8. The topological polar surface area (TPSA) is 278 Å². The van der Waals surface area contributed by atoms with E-state index in [0.29, 0.717) is 17.5 Å². The highest BCUT2D eigenvalue weighted by molar-refractivity contribution is 5.99. The number of carbonyl (C=O) groups is 9. The molecule has 20 nitrogen and oxygen atoms in total. The van der Waals surface area contributed by atoms with Crippen LogP contribution in [0.4, 0.5) is 5.69 Å². The summed E-state index contributed by atoms with van der Waals surface area (Å²) in [6, 6.07) is 2.14. The van der Waals surface area contributed by atoms with Gasteiger partial charge in [-0.3, -0.25) is 43.2 Å². The Labute approximate surface area is 439 Å². The Hall–Kier alpha value is -7.51. The van der Waals surface area contributed by atoms with E-state index in [1.165, 1.54) is 51.0 Å². The lowest BCUT2D eigenvalue weighted by molar-refractivity contribution is -0.146. The van der Waals surface area contributed by atoms with Gasteiger partial charge in [-0.1, -0.05) is 77.1 Å². The van der Waals surface area contributed by atoms with E-state index < -0.39 is 107 Å². The summed E-state index contributed by atoms with van der Waals surface area (Å²) in [5, 5.41) is 37.4. The van der Waals surface area contributed by atoms with Gasteiger partial charge in [0.15, 0.2) is 0 Å². The monoisotopic (exact) mass is 1040 g/mol. The minimum Gasteiger partial charge on any atom is -0.506 e. The van der Waals surface area contributed by atoms with E-state index in [-0.39, 0.29) is 55.4 Å². The van der Waals surface area contributed by atoms with Gasteiger partial charge in [0.1, 0.15) is 48.0 Å². The van der Waals surface area contributed by atoms with Crippen LogP contribution in [0.1, 0.15) is 99.1 Å². The number of aliphatic carboxylic acids is 1. The van der Waals surface area contributed by atoms with Gasteiger partial charge in [0, 0.05) is 44.0 Å². The quantitative estimate of drug-likeness (QED) is 0.0546. The molecule has 2 aromatic carbocycles. The molecule has 408 valence electrons.